The van der Waals surface area contributed by atoms with Gasteiger partial charge in [0, 0.05) is 6.42 Å². The van der Waals surface area contributed by atoms with Crippen LogP contribution in [-0.2, 0) is 20.7 Å². The number of carbonyl (C=O) groups is 2. The zero-order chi connectivity index (χ0) is 12.8. The predicted octanol–water partition coefficient (Wildman–Crippen LogP) is 0.550. The summed E-state index contributed by atoms with van der Waals surface area (Å²) in [7, 11) is 2.52. The average Bonchev–Trinajstić information content (AvgIpc) is 2.37. The van der Waals surface area contributed by atoms with Crippen LogP contribution < -0.4 is 0 Å². The molecule has 0 saturated carbocycles. The molecule has 0 aliphatic rings. The summed E-state index contributed by atoms with van der Waals surface area (Å²) >= 11 is 0. The largest absolute Gasteiger partial charge is 0.467 e. The third-order valence-electron chi connectivity index (χ3n) is 2.28. The van der Waals surface area contributed by atoms with Crippen LogP contribution in [0.15, 0.2) is 24.3 Å². The Morgan fingerprint density at radius 3 is 2.24 bits per heavy atom. The van der Waals surface area contributed by atoms with E-state index in [2.05, 4.69) is 9.47 Å². The maximum Gasteiger partial charge on any atom is 0.337 e. The molecule has 0 saturated heterocycles. The van der Waals surface area contributed by atoms with Gasteiger partial charge in [0.1, 0.15) is 0 Å². The molecule has 0 fully saturated rings. The Balaban J connectivity index is 2.68. The highest BCUT2D eigenvalue weighted by Crippen LogP contribution is 2.08. The zero-order valence-corrected chi connectivity index (χ0v) is 9.67. The Hall–Kier alpha value is -1.88. The van der Waals surface area contributed by atoms with Gasteiger partial charge in [-0.05, 0) is 17.7 Å². The number of methoxy groups -OCH3 is 2. The highest BCUT2D eigenvalue weighted by molar-refractivity contribution is 5.89. The van der Waals surface area contributed by atoms with Gasteiger partial charge >= 0.3 is 11.9 Å². The van der Waals surface area contributed by atoms with Crippen molar-refractivity contribution in [3.63, 3.8) is 0 Å². The number of esters is 2. The smallest absolute Gasteiger partial charge is 0.337 e. The molecular weight excluding hydrogens is 224 g/mol. The maximum atomic E-state index is 11.2. The lowest BCUT2D eigenvalue weighted by molar-refractivity contribution is -0.150. The van der Waals surface area contributed by atoms with E-state index >= 15 is 0 Å². The molecule has 92 valence electrons. The number of hydrogen-bond acceptors (Lipinski definition) is 5. The summed E-state index contributed by atoms with van der Waals surface area (Å²) in [5.41, 5.74) is 1.15. The molecule has 17 heavy (non-hydrogen) atoms. The number of benzene rings is 1. The van der Waals surface area contributed by atoms with Crippen LogP contribution in [0.3, 0.4) is 0 Å². The molecule has 1 aromatic rings. The Bertz CT molecular complexity index is 396. The summed E-state index contributed by atoms with van der Waals surface area (Å²) in [5, 5.41) is 9.43. The second kappa shape index (κ2) is 6.00. The fourth-order valence-electron chi connectivity index (χ4n) is 1.34. The minimum absolute atomic E-state index is 0.147. The summed E-state index contributed by atoms with van der Waals surface area (Å²) in [6.45, 7) is 0. The van der Waals surface area contributed by atoms with E-state index in [1.54, 1.807) is 24.3 Å². The van der Waals surface area contributed by atoms with Gasteiger partial charge in [0.15, 0.2) is 6.10 Å². The van der Waals surface area contributed by atoms with Crippen molar-refractivity contribution in [3.05, 3.63) is 35.4 Å². The van der Waals surface area contributed by atoms with E-state index in [1.807, 2.05) is 0 Å². The van der Waals surface area contributed by atoms with Crippen molar-refractivity contribution in [3.8, 4) is 0 Å². The van der Waals surface area contributed by atoms with Crippen LogP contribution in [0.25, 0.3) is 0 Å². The first-order valence-corrected chi connectivity index (χ1v) is 5.01. The molecule has 0 heterocycles. The molecule has 5 nitrogen and oxygen atoms in total. The first-order valence-electron chi connectivity index (χ1n) is 5.01. The fourth-order valence-corrected chi connectivity index (χ4v) is 1.34. The topological polar surface area (TPSA) is 72.8 Å². The molecule has 0 aliphatic carbocycles. The highest BCUT2D eigenvalue weighted by Gasteiger charge is 2.16. The van der Waals surface area contributed by atoms with E-state index in [4.69, 9.17) is 0 Å². The standard InChI is InChI=1S/C12H14O5/c1-16-11(14)9-5-3-8(4-6-9)7-10(13)12(15)17-2/h3-6,10,13H,7H2,1-2H3. The summed E-state index contributed by atoms with van der Waals surface area (Å²) in [6, 6.07) is 6.45. The monoisotopic (exact) mass is 238 g/mol. The van der Waals surface area contributed by atoms with Gasteiger partial charge in [-0.2, -0.15) is 0 Å². The Labute approximate surface area is 99.0 Å². The number of aliphatic hydroxyl groups excluding tert-OH is 1. The van der Waals surface area contributed by atoms with Gasteiger partial charge < -0.3 is 14.6 Å². The Morgan fingerprint density at radius 2 is 1.76 bits per heavy atom. The van der Waals surface area contributed by atoms with Gasteiger partial charge in [0.05, 0.1) is 19.8 Å². The van der Waals surface area contributed by atoms with Crippen LogP contribution in [-0.4, -0.2) is 37.4 Å². The van der Waals surface area contributed by atoms with Crippen molar-refractivity contribution < 1.29 is 24.2 Å². The second-order valence-corrected chi connectivity index (χ2v) is 3.43. The number of aliphatic hydroxyl groups is 1. The molecule has 1 aromatic carbocycles. The fraction of sp³-hybridized carbons (Fsp3) is 0.333. The summed E-state index contributed by atoms with van der Waals surface area (Å²) in [4.78, 5) is 22.1. The predicted molar refractivity (Wildman–Crippen MR) is 59.5 cm³/mol. The first-order chi connectivity index (χ1) is 8.08. The van der Waals surface area contributed by atoms with Crippen LogP contribution in [0.2, 0.25) is 0 Å². The van der Waals surface area contributed by atoms with E-state index in [-0.39, 0.29) is 6.42 Å². The lowest BCUT2D eigenvalue weighted by Crippen LogP contribution is -2.24. The van der Waals surface area contributed by atoms with Crippen molar-refractivity contribution in [1.29, 1.82) is 0 Å². The van der Waals surface area contributed by atoms with Crippen molar-refractivity contribution in [2.75, 3.05) is 14.2 Å². The molecule has 1 N–H and O–H groups in total. The van der Waals surface area contributed by atoms with Crippen LogP contribution in [0.4, 0.5) is 0 Å². The van der Waals surface area contributed by atoms with Gasteiger partial charge in [-0.25, -0.2) is 9.59 Å². The molecule has 0 spiro atoms. The van der Waals surface area contributed by atoms with Gasteiger partial charge in [-0.1, -0.05) is 12.1 Å². The molecule has 0 aromatic heterocycles. The minimum Gasteiger partial charge on any atom is -0.467 e. The maximum absolute atomic E-state index is 11.2. The molecule has 1 rings (SSSR count). The molecule has 1 atom stereocenters. The molecular formula is C12H14O5. The van der Waals surface area contributed by atoms with Crippen LogP contribution in [0.1, 0.15) is 15.9 Å². The lowest BCUT2D eigenvalue weighted by atomic mass is 10.1. The number of carbonyl (C=O) groups excluding carboxylic acids is 2. The SMILES string of the molecule is COC(=O)c1ccc(CC(O)C(=O)OC)cc1. The van der Waals surface area contributed by atoms with Crippen LogP contribution in [0, 0.1) is 0 Å². The molecule has 0 amide bonds. The number of hydrogen-bond donors (Lipinski definition) is 1. The van der Waals surface area contributed by atoms with E-state index < -0.39 is 18.0 Å². The zero-order valence-electron chi connectivity index (χ0n) is 9.67. The molecule has 0 bridgehead atoms. The van der Waals surface area contributed by atoms with Gasteiger partial charge in [-0.15, -0.1) is 0 Å². The van der Waals surface area contributed by atoms with E-state index in [0.29, 0.717) is 5.56 Å². The highest BCUT2D eigenvalue weighted by atomic mass is 16.5. The van der Waals surface area contributed by atoms with Crippen molar-refractivity contribution in [2.45, 2.75) is 12.5 Å². The lowest BCUT2D eigenvalue weighted by Gasteiger charge is -2.08. The number of ether oxygens (including phenoxy) is 2. The molecule has 0 aliphatic heterocycles. The molecule has 1 unspecified atom stereocenters. The third-order valence-corrected chi connectivity index (χ3v) is 2.28. The van der Waals surface area contributed by atoms with Gasteiger partial charge in [0.2, 0.25) is 0 Å². The van der Waals surface area contributed by atoms with Crippen molar-refractivity contribution in [2.24, 2.45) is 0 Å². The average molecular weight is 238 g/mol. The first kappa shape index (κ1) is 13.2. The summed E-state index contributed by atoms with van der Waals surface area (Å²) < 4.78 is 8.95. The Morgan fingerprint density at radius 1 is 1.18 bits per heavy atom. The summed E-state index contributed by atoms with van der Waals surface area (Å²) in [5.74, 6) is -1.10. The Kier molecular flexibility index (Phi) is 4.66. The number of rotatable bonds is 4. The second-order valence-electron chi connectivity index (χ2n) is 3.43. The molecule has 0 radical (unpaired) electrons. The van der Waals surface area contributed by atoms with Gasteiger partial charge in [0.25, 0.3) is 0 Å². The van der Waals surface area contributed by atoms with E-state index in [9.17, 15) is 14.7 Å². The van der Waals surface area contributed by atoms with E-state index in [1.165, 1.54) is 14.2 Å². The van der Waals surface area contributed by atoms with E-state index in [0.717, 1.165) is 5.56 Å². The normalized spacial score (nSPS) is 11.7. The van der Waals surface area contributed by atoms with Crippen LogP contribution in [0.5, 0.6) is 0 Å². The quantitative estimate of drug-likeness (QED) is 0.775. The van der Waals surface area contributed by atoms with Crippen molar-refractivity contribution >= 4 is 11.9 Å². The minimum atomic E-state index is -1.19. The third kappa shape index (κ3) is 3.57. The van der Waals surface area contributed by atoms with Crippen LogP contribution >= 0.6 is 0 Å². The summed E-state index contributed by atoms with van der Waals surface area (Å²) in [6.07, 6.45) is -1.04. The van der Waals surface area contributed by atoms with Gasteiger partial charge in [-0.3, -0.25) is 0 Å². The van der Waals surface area contributed by atoms with Crippen molar-refractivity contribution in [1.82, 2.24) is 0 Å². The molecule has 5 heteroatoms.